The van der Waals surface area contributed by atoms with Crippen LogP contribution in [0, 0.1) is 5.92 Å². The summed E-state index contributed by atoms with van der Waals surface area (Å²) < 4.78 is 44.6. The van der Waals surface area contributed by atoms with Gasteiger partial charge in [0, 0.05) is 13.1 Å². The average Bonchev–Trinajstić information content (AvgIpc) is 3.70. The molecule has 0 aromatic carbocycles. The molecule has 0 bridgehead atoms. The Morgan fingerprint density at radius 2 is 1.68 bits per heavy atom. The molecule has 25 nitrogen and oxygen atoms in total. The number of nitrogens with one attached hydrogen (secondary N) is 1. The maximum absolute atomic E-state index is 11.9. The molecule has 1 aromatic heterocycles. The van der Waals surface area contributed by atoms with Crippen molar-refractivity contribution in [2.24, 2.45) is 5.92 Å². The zero-order chi connectivity index (χ0) is 43.9. The van der Waals surface area contributed by atoms with E-state index in [2.05, 4.69) is 15.6 Å². The minimum Gasteiger partial charge on any atom is -0.459 e. The molecule has 17 atom stereocenters. The van der Waals surface area contributed by atoms with Crippen LogP contribution in [0.5, 0.6) is 0 Å². The van der Waals surface area contributed by atoms with Gasteiger partial charge in [-0.3, -0.25) is 14.3 Å². The first-order valence-corrected chi connectivity index (χ1v) is 19.4. The van der Waals surface area contributed by atoms with Gasteiger partial charge in [-0.25, -0.2) is 0 Å². The van der Waals surface area contributed by atoms with E-state index in [1.54, 1.807) is 18.3 Å². The van der Waals surface area contributed by atoms with Crippen LogP contribution in [0.4, 0.5) is 0 Å². The molecule has 3 saturated heterocycles. The molecular formula is C35H58N4O21. The van der Waals surface area contributed by atoms with Gasteiger partial charge >= 0.3 is 5.97 Å². The first kappa shape index (κ1) is 49.8. The van der Waals surface area contributed by atoms with Crippen molar-refractivity contribution in [3.63, 3.8) is 0 Å². The van der Waals surface area contributed by atoms with Gasteiger partial charge in [0.2, 0.25) is 6.29 Å². The fraction of sp³-hybridized carbons (Fsp3) is 0.829. The molecule has 60 heavy (non-hydrogen) atoms. The first-order chi connectivity index (χ1) is 28.7. The Kier molecular flexibility index (Phi) is 20.5. The van der Waals surface area contributed by atoms with Gasteiger partial charge in [0.1, 0.15) is 67.2 Å². The quantitative estimate of drug-likeness (QED) is 0.0199. The molecule has 0 radical (unpaired) electrons. The molecule has 3 aliphatic heterocycles. The van der Waals surface area contributed by atoms with Crippen LogP contribution >= 0.6 is 0 Å². The molecule has 4 rings (SSSR count). The number of carbonyl (C=O) groups is 2. The topological polar surface area (TPSA) is 373 Å². The van der Waals surface area contributed by atoms with Gasteiger partial charge in [-0.2, -0.15) is 0 Å². The molecule has 0 spiro atoms. The van der Waals surface area contributed by atoms with Crippen LogP contribution in [-0.2, 0) is 60.6 Å². The van der Waals surface area contributed by atoms with Crippen molar-refractivity contribution in [3.8, 4) is 0 Å². The first-order valence-electron chi connectivity index (χ1n) is 19.4. The van der Waals surface area contributed by atoms with Crippen LogP contribution in [0.25, 0.3) is 0 Å². The second-order valence-corrected chi connectivity index (χ2v) is 14.4. The Morgan fingerprint density at radius 3 is 2.38 bits per heavy atom. The minimum absolute atomic E-state index is 0.0195. The fourth-order valence-corrected chi connectivity index (χ4v) is 6.29. The fourth-order valence-electron chi connectivity index (χ4n) is 6.29. The summed E-state index contributed by atoms with van der Waals surface area (Å²) in [6.07, 6.45) is -19.6. The molecule has 0 saturated carbocycles. The average molecular weight is 871 g/mol. The van der Waals surface area contributed by atoms with E-state index in [0.29, 0.717) is 18.5 Å². The van der Waals surface area contributed by atoms with Crippen LogP contribution < -0.4 is 5.32 Å². The lowest BCUT2D eigenvalue weighted by Gasteiger charge is -2.46. The summed E-state index contributed by atoms with van der Waals surface area (Å²) in [5, 5.41) is 125. The van der Waals surface area contributed by atoms with Crippen molar-refractivity contribution < 1.29 is 104 Å². The molecule has 12 N–H and O–H groups in total. The summed E-state index contributed by atoms with van der Waals surface area (Å²) in [6, 6.07) is 0. The van der Waals surface area contributed by atoms with E-state index in [4.69, 9.17) is 37.9 Å². The van der Waals surface area contributed by atoms with Gasteiger partial charge in [-0.1, -0.05) is 24.3 Å². The zero-order valence-electron chi connectivity index (χ0n) is 32.7. The highest BCUT2D eigenvalue weighted by molar-refractivity contribution is 5.71. The smallest absolute Gasteiger partial charge is 0.310 e. The summed E-state index contributed by atoms with van der Waals surface area (Å²) in [5.74, 6) is -1.74. The molecular weight excluding hydrogens is 812 g/mol. The summed E-state index contributed by atoms with van der Waals surface area (Å²) in [6.45, 7) is -0.549. The predicted molar refractivity (Wildman–Crippen MR) is 193 cm³/mol. The van der Waals surface area contributed by atoms with Crippen molar-refractivity contribution in [2.75, 3.05) is 39.5 Å². The van der Waals surface area contributed by atoms with Gasteiger partial charge in [-0.15, -0.1) is 5.10 Å². The molecule has 0 amide bonds. The number of carbonyl (C=O) groups excluding carboxylic acids is 2. The molecule has 0 aliphatic carbocycles. The van der Waals surface area contributed by atoms with Crippen LogP contribution in [-0.4, -0.2) is 222 Å². The third-order valence-electron chi connectivity index (χ3n) is 9.98. The second kappa shape index (κ2) is 24.7. The number of hydrogen-bond acceptors (Lipinski definition) is 24. The number of ether oxygens (including phenoxy) is 8. The van der Waals surface area contributed by atoms with Crippen LogP contribution in [0.2, 0.25) is 0 Å². The van der Waals surface area contributed by atoms with Crippen molar-refractivity contribution >= 4 is 12.4 Å². The van der Waals surface area contributed by atoms with Crippen molar-refractivity contribution in [1.29, 1.82) is 0 Å². The SMILES string of the molecule is CCC(O)C/C=C/CC(=O)OCc1cn(CCNCC(O)C(O)C(CO)O[C@@H]2OC[C@@H](O[C@@H]3OC[C@@H](O)C(O)C3O[C@H]3OC(OC=O)[C@@H](CO)[C@H](O)C3O)[C@@H](O)C2O)nn1. The van der Waals surface area contributed by atoms with E-state index in [9.17, 15) is 65.8 Å². The molecule has 3 fully saturated rings. The van der Waals surface area contributed by atoms with Crippen LogP contribution in [0.15, 0.2) is 18.3 Å². The molecule has 3 aliphatic rings. The number of esters is 1. The van der Waals surface area contributed by atoms with E-state index in [1.165, 1.54) is 4.68 Å². The van der Waals surface area contributed by atoms with Crippen molar-refractivity contribution in [1.82, 2.24) is 20.3 Å². The van der Waals surface area contributed by atoms with E-state index in [0.717, 1.165) is 0 Å². The highest BCUT2D eigenvalue weighted by Gasteiger charge is 2.51. The predicted octanol–water partition coefficient (Wildman–Crippen LogP) is -6.77. The maximum Gasteiger partial charge on any atom is 0.310 e. The third kappa shape index (κ3) is 13.8. The van der Waals surface area contributed by atoms with Gasteiger partial charge in [-0.05, 0) is 12.8 Å². The monoisotopic (exact) mass is 870 g/mol. The lowest BCUT2D eigenvalue weighted by molar-refractivity contribution is -0.384. The van der Waals surface area contributed by atoms with Gasteiger partial charge < -0.3 is 99.4 Å². The highest BCUT2D eigenvalue weighted by Crippen LogP contribution is 2.32. The van der Waals surface area contributed by atoms with Crippen molar-refractivity contribution in [2.45, 2.75) is 138 Å². The highest BCUT2D eigenvalue weighted by atomic mass is 16.8. The van der Waals surface area contributed by atoms with Gasteiger partial charge in [0.05, 0.1) is 69.8 Å². The number of aliphatic hydroxyl groups excluding tert-OH is 11. The Morgan fingerprint density at radius 1 is 0.950 bits per heavy atom. The van der Waals surface area contributed by atoms with Crippen LogP contribution in [0.1, 0.15) is 31.9 Å². The lowest BCUT2D eigenvalue weighted by atomic mass is 9.94. The minimum atomic E-state index is -1.88. The van der Waals surface area contributed by atoms with Gasteiger partial charge in [0.25, 0.3) is 6.47 Å². The number of hydrogen-bond donors (Lipinski definition) is 12. The Labute approximate surface area is 343 Å². The van der Waals surface area contributed by atoms with Crippen LogP contribution in [0.3, 0.4) is 0 Å². The normalized spacial score (nSPS) is 34.5. The molecule has 9 unspecified atom stereocenters. The van der Waals surface area contributed by atoms with E-state index >= 15 is 0 Å². The Bertz CT molecular complexity index is 1450. The summed E-state index contributed by atoms with van der Waals surface area (Å²) >= 11 is 0. The number of aliphatic hydroxyl groups is 11. The molecule has 4 heterocycles. The second-order valence-electron chi connectivity index (χ2n) is 14.4. The van der Waals surface area contributed by atoms with E-state index in [-0.39, 0.29) is 39.1 Å². The largest absolute Gasteiger partial charge is 0.459 e. The number of aromatic nitrogens is 3. The van der Waals surface area contributed by atoms with Gasteiger partial charge in [0.15, 0.2) is 18.9 Å². The summed E-state index contributed by atoms with van der Waals surface area (Å²) in [4.78, 5) is 22.9. The number of rotatable bonds is 24. The molecule has 1 aromatic rings. The molecule has 344 valence electrons. The Hall–Kier alpha value is -2.90. The zero-order valence-corrected chi connectivity index (χ0v) is 32.7. The third-order valence-corrected chi connectivity index (χ3v) is 9.98. The summed E-state index contributed by atoms with van der Waals surface area (Å²) in [7, 11) is 0. The van der Waals surface area contributed by atoms with E-state index in [1.807, 2.05) is 6.92 Å². The molecule has 25 heteroatoms. The standard InChI is InChI=1S/C35H58N4O21/c1-2-18(43)5-3-4-6-24(46)53-13-17-10-39(38-37-17)8-7-36-9-20(44)26(48)22(12-41)57-33-30(52)28(50)23(15-55-33)58-35-31(27(49)21(45)14-54-35)59-34-29(51)25(47)19(11-40)32(60-34)56-16-42/h3-4,10,16,18-23,25-36,40-41,43-45,47-52H,2,5-9,11-15H2,1H3/b4-3+/t18?,19-,20?,21+,22?,23+,25-,26?,27?,28+,29?,30?,31?,32?,33-,34-,35-/m0/s1. The lowest BCUT2D eigenvalue weighted by Crippen LogP contribution is -2.63. The number of nitrogens with zero attached hydrogens (tertiary/aromatic N) is 3. The maximum atomic E-state index is 11.9. The summed E-state index contributed by atoms with van der Waals surface area (Å²) in [5.41, 5.74) is 0.397. The Balaban J connectivity index is 1.22. The van der Waals surface area contributed by atoms with Crippen molar-refractivity contribution in [3.05, 3.63) is 24.0 Å². The van der Waals surface area contributed by atoms with E-state index < -0.39 is 137 Å².